The second-order valence-corrected chi connectivity index (χ2v) is 8.78. The largest absolute Gasteiger partial charge is 0.507 e. The number of benzene rings is 3. The number of alkyl halides is 3. The van der Waals surface area contributed by atoms with Crippen LogP contribution < -0.4 is 0 Å². The molecule has 0 spiro atoms. The Bertz CT molecular complexity index is 1080. The first-order chi connectivity index (χ1) is 12.0. The third kappa shape index (κ3) is 2.42. The van der Waals surface area contributed by atoms with Gasteiger partial charge in [-0.15, -0.1) is 0 Å². The van der Waals surface area contributed by atoms with Crippen LogP contribution in [0.3, 0.4) is 0 Å². The molecule has 1 aliphatic carbocycles. The summed E-state index contributed by atoms with van der Waals surface area (Å²) in [7, 11) is 0. The summed E-state index contributed by atoms with van der Waals surface area (Å²) >= 11 is 6.94. The molecule has 134 valence electrons. The number of phenols is 1. The summed E-state index contributed by atoms with van der Waals surface area (Å²) in [4.78, 5) is 0. The number of aromatic hydroxyl groups is 1. The molecule has 0 radical (unpaired) electrons. The Labute approximate surface area is 165 Å². The fraction of sp³-hybridized carbons (Fsp3) is 0.200. The third-order valence-corrected chi connectivity index (χ3v) is 6.18. The molecule has 0 bridgehead atoms. The van der Waals surface area contributed by atoms with Gasteiger partial charge >= 0.3 is 6.18 Å². The lowest BCUT2D eigenvalue weighted by molar-refractivity contribution is -0.137. The van der Waals surface area contributed by atoms with Crippen LogP contribution in [0, 0.1) is 0 Å². The minimum Gasteiger partial charge on any atom is -0.507 e. The summed E-state index contributed by atoms with van der Waals surface area (Å²) in [5, 5.41) is 12.0. The fourth-order valence-electron chi connectivity index (χ4n) is 3.84. The molecule has 3 aromatic rings. The first-order valence-corrected chi connectivity index (χ1v) is 9.47. The Morgan fingerprint density at radius 1 is 0.962 bits per heavy atom. The minimum absolute atomic E-state index is 0.107. The maximum Gasteiger partial charge on any atom is 0.416 e. The molecule has 0 fully saturated rings. The lowest BCUT2D eigenvalue weighted by Gasteiger charge is -2.23. The molecule has 1 N–H and O–H groups in total. The second-order valence-electron chi connectivity index (χ2n) is 7.01. The van der Waals surface area contributed by atoms with Crippen molar-refractivity contribution in [2.45, 2.75) is 25.4 Å². The van der Waals surface area contributed by atoms with Gasteiger partial charge in [-0.05, 0) is 73.9 Å². The van der Waals surface area contributed by atoms with Crippen molar-refractivity contribution in [1.29, 1.82) is 0 Å². The van der Waals surface area contributed by atoms with E-state index in [2.05, 4.69) is 31.9 Å². The molecule has 0 aromatic heterocycles. The zero-order valence-corrected chi connectivity index (χ0v) is 17.0. The zero-order chi connectivity index (χ0) is 19.0. The van der Waals surface area contributed by atoms with Gasteiger partial charge in [0.25, 0.3) is 0 Å². The van der Waals surface area contributed by atoms with Gasteiger partial charge in [-0.2, -0.15) is 13.2 Å². The molecule has 0 aliphatic heterocycles. The molecule has 0 heterocycles. The maximum absolute atomic E-state index is 13.2. The predicted octanol–water partition coefficient (Wildman–Crippen LogP) is 7.40. The van der Waals surface area contributed by atoms with E-state index in [0.29, 0.717) is 10.9 Å². The summed E-state index contributed by atoms with van der Waals surface area (Å²) in [6.45, 7) is 3.77. The van der Waals surface area contributed by atoms with Crippen LogP contribution >= 0.6 is 31.9 Å². The molecule has 0 amide bonds. The van der Waals surface area contributed by atoms with E-state index < -0.39 is 17.2 Å². The standard InChI is InChI=1S/C20H13Br2F3O/c1-19(2)13-5-9(20(23,24)25)3-4-11(13)17-12-6-10(21)7-15(22)18(12)16(26)8-14(17)19/h3-8,26H,1-2H3. The number of fused-ring (bicyclic) bond motifs is 5. The minimum atomic E-state index is -4.39. The fourth-order valence-corrected chi connectivity index (χ4v) is 5.27. The topological polar surface area (TPSA) is 20.2 Å². The quantitative estimate of drug-likeness (QED) is 0.351. The van der Waals surface area contributed by atoms with Gasteiger partial charge in [-0.1, -0.05) is 35.8 Å². The normalized spacial score (nSPS) is 15.2. The van der Waals surface area contributed by atoms with Crippen molar-refractivity contribution in [3.63, 3.8) is 0 Å². The van der Waals surface area contributed by atoms with Crippen molar-refractivity contribution in [3.8, 4) is 16.9 Å². The molecule has 0 unspecified atom stereocenters. The van der Waals surface area contributed by atoms with Crippen LogP contribution in [0.5, 0.6) is 5.75 Å². The molecule has 1 nitrogen and oxygen atoms in total. The first-order valence-electron chi connectivity index (χ1n) is 7.89. The van der Waals surface area contributed by atoms with E-state index >= 15 is 0 Å². The van der Waals surface area contributed by atoms with Crippen LogP contribution in [0.4, 0.5) is 13.2 Å². The lowest BCUT2D eigenvalue weighted by atomic mass is 9.81. The zero-order valence-electron chi connectivity index (χ0n) is 13.8. The SMILES string of the molecule is CC1(C)c2cc(C(F)(F)F)ccc2-c2c1cc(O)c1c(Br)cc(Br)cc21. The van der Waals surface area contributed by atoms with Crippen molar-refractivity contribution < 1.29 is 18.3 Å². The first kappa shape index (κ1) is 17.9. The highest BCUT2D eigenvalue weighted by atomic mass is 79.9. The third-order valence-electron chi connectivity index (χ3n) is 5.09. The Balaban J connectivity index is 2.14. The Morgan fingerprint density at radius 3 is 2.31 bits per heavy atom. The van der Waals surface area contributed by atoms with Crippen molar-refractivity contribution in [3.05, 3.63) is 62.0 Å². The van der Waals surface area contributed by atoms with E-state index in [1.807, 2.05) is 26.0 Å². The van der Waals surface area contributed by atoms with Gasteiger partial charge in [-0.25, -0.2) is 0 Å². The van der Waals surface area contributed by atoms with Crippen LogP contribution in [0.25, 0.3) is 21.9 Å². The van der Waals surface area contributed by atoms with Crippen LogP contribution in [0.15, 0.2) is 45.3 Å². The van der Waals surface area contributed by atoms with Crippen LogP contribution in [-0.4, -0.2) is 5.11 Å². The number of hydrogen-bond acceptors (Lipinski definition) is 1. The highest BCUT2D eigenvalue weighted by molar-refractivity contribution is 9.11. The summed E-state index contributed by atoms with van der Waals surface area (Å²) in [5.74, 6) is 0.107. The van der Waals surface area contributed by atoms with Crippen molar-refractivity contribution in [2.75, 3.05) is 0 Å². The molecule has 0 atom stereocenters. The molecule has 0 saturated carbocycles. The molecular formula is C20H13Br2F3O. The molecule has 3 aromatic carbocycles. The van der Waals surface area contributed by atoms with E-state index in [9.17, 15) is 18.3 Å². The van der Waals surface area contributed by atoms with E-state index in [-0.39, 0.29) is 5.75 Å². The van der Waals surface area contributed by atoms with Gasteiger partial charge in [0.15, 0.2) is 0 Å². The van der Waals surface area contributed by atoms with Crippen molar-refractivity contribution in [1.82, 2.24) is 0 Å². The number of phenolic OH excluding ortho intramolecular Hbond substituents is 1. The van der Waals surface area contributed by atoms with Gasteiger partial charge < -0.3 is 5.11 Å². The van der Waals surface area contributed by atoms with E-state index in [0.717, 1.165) is 37.1 Å². The van der Waals surface area contributed by atoms with Crippen molar-refractivity contribution >= 4 is 42.6 Å². The average Bonchev–Trinajstić information content (AvgIpc) is 2.73. The number of halogens is 5. The Kier molecular flexibility index (Phi) is 3.77. The predicted molar refractivity (Wildman–Crippen MR) is 104 cm³/mol. The lowest BCUT2D eigenvalue weighted by Crippen LogP contribution is -2.16. The molecular weight excluding hydrogens is 473 g/mol. The van der Waals surface area contributed by atoms with Crippen LogP contribution in [0.2, 0.25) is 0 Å². The van der Waals surface area contributed by atoms with Gasteiger partial charge in [0, 0.05) is 19.7 Å². The Morgan fingerprint density at radius 2 is 1.65 bits per heavy atom. The Hall–Kier alpha value is -1.53. The number of hydrogen-bond donors (Lipinski definition) is 1. The summed E-state index contributed by atoms with van der Waals surface area (Å²) in [5.41, 5.74) is 1.77. The maximum atomic E-state index is 13.2. The van der Waals surface area contributed by atoms with Crippen LogP contribution in [-0.2, 0) is 11.6 Å². The molecule has 6 heteroatoms. The summed E-state index contributed by atoms with van der Waals surface area (Å²) in [6, 6.07) is 9.28. The van der Waals surface area contributed by atoms with Gasteiger partial charge in [0.05, 0.1) is 5.56 Å². The smallest absolute Gasteiger partial charge is 0.416 e. The van der Waals surface area contributed by atoms with E-state index in [4.69, 9.17) is 0 Å². The van der Waals surface area contributed by atoms with Gasteiger partial charge in [-0.3, -0.25) is 0 Å². The molecule has 26 heavy (non-hydrogen) atoms. The summed E-state index contributed by atoms with van der Waals surface area (Å²) < 4.78 is 41.2. The molecule has 0 saturated heterocycles. The summed E-state index contributed by atoms with van der Waals surface area (Å²) in [6.07, 6.45) is -4.39. The highest BCUT2D eigenvalue weighted by Gasteiger charge is 2.40. The highest BCUT2D eigenvalue weighted by Crippen LogP contribution is 2.55. The van der Waals surface area contributed by atoms with Crippen LogP contribution in [0.1, 0.15) is 30.5 Å². The van der Waals surface area contributed by atoms with Gasteiger partial charge in [0.1, 0.15) is 5.75 Å². The van der Waals surface area contributed by atoms with E-state index in [1.165, 1.54) is 12.1 Å². The van der Waals surface area contributed by atoms with Crippen molar-refractivity contribution in [2.24, 2.45) is 0 Å². The number of rotatable bonds is 0. The molecule has 4 rings (SSSR count). The van der Waals surface area contributed by atoms with E-state index in [1.54, 1.807) is 6.07 Å². The molecule has 1 aliphatic rings. The van der Waals surface area contributed by atoms with Gasteiger partial charge in [0.2, 0.25) is 0 Å². The average molecular weight is 486 g/mol. The second kappa shape index (κ2) is 5.49. The monoisotopic (exact) mass is 484 g/mol.